The maximum atomic E-state index is 8.43. The highest BCUT2D eigenvalue weighted by atomic mass is 16.5. The summed E-state index contributed by atoms with van der Waals surface area (Å²) in [5.41, 5.74) is 10.4. The summed E-state index contributed by atoms with van der Waals surface area (Å²) >= 11 is 0. The smallest absolute Gasteiger partial charge is 0.131 e. The first-order valence-corrected chi connectivity index (χ1v) is 5.42. The van der Waals surface area contributed by atoms with Gasteiger partial charge in [-0.1, -0.05) is 11.2 Å². The Morgan fingerprint density at radius 3 is 3.24 bits per heavy atom. The Morgan fingerprint density at radius 2 is 2.35 bits per heavy atom. The fraction of sp³-hybridized carbons (Fsp3) is 0.250. The molecule has 0 bridgehead atoms. The average molecular weight is 226 g/mol. The standard InChI is InChI=1S/C12H10N4O/c13-16-15-9-6-8-3-4-11-10(2-1-5-14-11)12(8)17-7-9/h1-5,9H,6-7H2. The summed E-state index contributed by atoms with van der Waals surface area (Å²) < 4.78 is 5.70. The SMILES string of the molecule is [N-]=[N+]=NC1COc2c(ccc3ncccc23)C1. The molecule has 84 valence electrons. The number of benzene rings is 1. The monoisotopic (exact) mass is 226 g/mol. The molecule has 2 aromatic rings. The lowest BCUT2D eigenvalue weighted by atomic mass is 10.0. The van der Waals surface area contributed by atoms with Gasteiger partial charge in [-0.05, 0) is 35.7 Å². The Labute approximate surface area is 97.7 Å². The van der Waals surface area contributed by atoms with E-state index in [9.17, 15) is 0 Å². The minimum absolute atomic E-state index is 0.110. The van der Waals surface area contributed by atoms with Crippen LogP contribution >= 0.6 is 0 Å². The van der Waals surface area contributed by atoms with Crippen LogP contribution in [-0.4, -0.2) is 17.6 Å². The molecule has 1 atom stereocenters. The van der Waals surface area contributed by atoms with Gasteiger partial charge < -0.3 is 4.74 Å². The summed E-state index contributed by atoms with van der Waals surface area (Å²) in [6, 6.07) is 7.74. The number of hydrogen-bond acceptors (Lipinski definition) is 3. The van der Waals surface area contributed by atoms with Crippen LogP contribution in [0.15, 0.2) is 35.6 Å². The lowest BCUT2D eigenvalue weighted by Crippen LogP contribution is -2.23. The molecule has 3 rings (SSSR count). The number of aromatic nitrogens is 1. The van der Waals surface area contributed by atoms with E-state index in [2.05, 4.69) is 15.0 Å². The zero-order valence-corrected chi connectivity index (χ0v) is 9.08. The van der Waals surface area contributed by atoms with E-state index < -0.39 is 0 Å². The van der Waals surface area contributed by atoms with Gasteiger partial charge in [0.1, 0.15) is 5.75 Å². The van der Waals surface area contributed by atoms with Crippen LogP contribution in [-0.2, 0) is 6.42 Å². The molecule has 1 aliphatic heterocycles. The summed E-state index contributed by atoms with van der Waals surface area (Å²) in [7, 11) is 0. The molecule has 0 spiro atoms. The van der Waals surface area contributed by atoms with Crippen molar-refractivity contribution in [3.8, 4) is 5.75 Å². The molecule has 0 saturated heterocycles. The first-order chi connectivity index (χ1) is 8.38. The fourth-order valence-electron chi connectivity index (χ4n) is 2.14. The molecule has 0 saturated carbocycles. The molecular weight excluding hydrogens is 216 g/mol. The highest BCUT2D eigenvalue weighted by molar-refractivity contribution is 5.86. The van der Waals surface area contributed by atoms with E-state index in [1.807, 2.05) is 24.3 Å². The third-order valence-electron chi connectivity index (χ3n) is 2.91. The largest absolute Gasteiger partial charge is 0.492 e. The van der Waals surface area contributed by atoms with Gasteiger partial charge >= 0.3 is 0 Å². The van der Waals surface area contributed by atoms with E-state index in [0.29, 0.717) is 6.61 Å². The number of fused-ring (bicyclic) bond motifs is 3. The van der Waals surface area contributed by atoms with Crippen LogP contribution in [0.4, 0.5) is 0 Å². The molecule has 5 heteroatoms. The molecule has 17 heavy (non-hydrogen) atoms. The number of nitrogens with zero attached hydrogens (tertiary/aromatic N) is 4. The van der Waals surface area contributed by atoms with Crippen LogP contribution in [0.5, 0.6) is 5.75 Å². The Kier molecular flexibility index (Phi) is 2.31. The van der Waals surface area contributed by atoms with Crippen molar-refractivity contribution in [3.05, 3.63) is 46.5 Å². The van der Waals surface area contributed by atoms with E-state index in [1.165, 1.54) is 0 Å². The van der Waals surface area contributed by atoms with Crippen LogP contribution in [0, 0.1) is 0 Å². The van der Waals surface area contributed by atoms with E-state index in [4.69, 9.17) is 10.3 Å². The summed E-state index contributed by atoms with van der Waals surface area (Å²) in [5.74, 6) is 0.875. The van der Waals surface area contributed by atoms with Gasteiger partial charge in [0.15, 0.2) is 0 Å². The molecule has 1 aliphatic rings. The predicted molar refractivity (Wildman–Crippen MR) is 63.9 cm³/mol. The van der Waals surface area contributed by atoms with Crippen LogP contribution in [0.3, 0.4) is 0 Å². The van der Waals surface area contributed by atoms with E-state index in [-0.39, 0.29) is 6.04 Å². The highest BCUT2D eigenvalue weighted by Crippen LogP contribution is 2.33. The molecule has 0 fully saturated rings. The average Bonchev–Trinajstić information content (AvgIpc) is 2.39. The summed E-state index contributed by atoms with van der Waals surface area (Å²) in [6.45, 7) is 0.436. The van der Waals surface area contributed by atoms with Gasteiger partial charge in [-0.2, -0.15) is 0 Å². The van der Waals surface area contributed by atoms with Crippen molar-refractivity contribution in [1.29, 1.82) is 0 Å². The highest BCUT2D eigenvalue weighted by Gasteiger charge is 2.20. The molecule has 2 heterocycles. The van der Waals surface area contributed by atoms with Crippen LogP contribution in [0.2, 0.25) is 0 Å². The molecular formula is C12H10N4O. The minimum Gasteiger partial charge on any atom is -0.492 e. The van der Waals surface area contributed by atoms with Crippen molar-refractivity contribution in [2.75, 3.05) is 6.61 Å². The van der Waals surface area contributed by atoms with Gasteiger partial charge in [0.05, 0.1) is 18.2 Å². The summed E-state index contributed by atoms with van der Waals surface area (Å²) in [5, 5.41) is 4.72. The van der Waals surface area contributed by atoms with Crippen molar-refractivity contribution in [3.63, 3.8) is 0 Å². The van der Waals surface area contributed by atoms with Gasteiger partial charge in [0.25, 0.3) is 0 Å². The number of ether oxygens (including phenoxy) is 1. The summed E-state index contributed by atoms with van der Waals surface area (Å²) in [4.78, 5) is 7.11. The molecule has 1 aromatic carbocycles. The fourth-order valence-corrected chi connectivity index (χ4v) is 2.14. The van der Waals surface area contributed by atoms with E-state index >= 15 is 0 Å². The molecule has 0 aliphatic carbocycles. The van der Waals surface area contributed by atoms with Gasteiger partial charge in [-0.25, -0.2) is 0 Å². The molecule has 1 unspecified atom stereocenters. The molecule has 0 amide bonds. The number of pyridine rings is 1. The van der Waals surface area contributed by atoms with Gasteiger partial charge in [-0.15, -0.1) is 0 Å². The lowest BCUT2D eigenvalue weighted by molar-refractivity contribution is 0.267. The predicted octanol–water partition coefficient (Wildman–Crippen LogP) is 2.85. The van der Waals surface area contributed by atoms with Gasteiger partial charge in [0, 0.05) is 16.5 Å². The van der Waals surface area contributed by atoms with Crippen molar-refractivity contribution in [2.45, 2.75) is 12.5 Å². The second kappa shape index (κ2) is 3.96. The first-order valence-electron chi connectivity index (χ1n) is 5.42. The maximum absolute atomic E-state index is 8.43. The molecule has 1 aromatic heterocycles. The quantitative estimate of drug-likeness (QED) is 0.426. The first kappa shape index (κ1) is 9.93. The summed E-state index contributed by atoms with van der Waals surface area (Å²) in [6.07, 6.45) is 2.49. The van der Waals surface area contributed by atoms with Gasteiger partial charge in [0.2, 0.25) is 0 Å². The topological polar surface area (TPSA) is 70.9 Å². The second-order valence-electron chi connectivity index (χ2n) is 4.00. The van der Waals surface area contributed by atoms with E-state index in [1.54, 1.807) is 6.20 Å². The maximum Gasteiger partial charge on any atom is 0.131 e. The number of rotatable bonds is 1. The van der Waals surface area contributed by atoms with Crippen molar-refractivity contribution < 1.29 is 4.74 Å². The molecule has 0 N–H and O–H groups in total. The van der Waals surface area contributed by atoms with Crippen molar-refractivity contribution >= 4 is 10.9 Å². The zero-order valence-electron chi connectivity index (χ0n) is 9.08. The van der Waals surface area contributed by atoms with Gasteiger partial charge in [-0.3, -0.25) is 4.98 Å². The normalized spacial score (nSPS) is 18.0. The lowest BCUT2D eigenvalue weighted by Gasteiger charge is -2.23. The van der Waals surface area contributed by atoms with Crippen LogP contribution in [0.25, 0.3) is 21.3 Å². The van der Waals surface area contributed by atoms with Crippen LogP contribution in [0.1, 0.15) is 5.56 Å². The number of hydrogen-bond donors (Lipinski definition) is 0. The zero-order chi connectivity index (χ0) is 11.7. The number of azide groups is 1. The van der Waals surface area contributed by atoms with Crippen LogP contribution < -0.4 is 4.74 Å². The van der Waals surface area contributed by atoms with Crippen molar-refractivity contribution in [2.24, 2.45) is 5.11 Å². The Bertz CT molecular complexity index is 619. The second-order valence-corrected chi connectivity index (χ2v) is 4.00. The molecule has 0 radical (unpaired) electrons. The third-order valence-corrected chi connectivity index (χ3v) is 2.91. The Hall–Kier alpha value is -2.26. The van der Waals surface area contributed by atoms with E-state index in [0.717, 1.165) is 28.6 Å². The Morgan fingerprint density at radius 1 is 1.41 bits per heavy atom. The third kappa shape index (κ3) is 1.66. The molecule has 5 nitrogen and oxygen atoms in total. The minimum atomic E-state index is -0.110. The van der Waals surface area contributed by atoms with Crippen molar-refractivity contribution in [1.82, 2.24) is 4.98 Å². The Balaban J connectivity index is 2.11.